The number of amides is 1. The van der Waals surface area contributed by atoms with E-state index in [-0.39, 0.29) is 30.5 Å². The van der Waals surface area contributed by atoms with Crippen molar-refractivity contribution in [1.82, 2.24) is 5.32 Å². The van der Waals surface area contributed by atoms with Crippen molar-refractivity contribution in [3.05, 3.63) is 53.8 Å². The average Bonchev–Trinajstić information content (AvgIpc) is 2.61. The number of rotatable bonds is 6. The molecule has 0 aliphatic heterocycles. The molecule has 0 atom stereocenters. The molecule has 0 radical (unpaired) electrons. The maximum atomic E-state index is 13.7. The molecular formula is C20H18F4N2OS2. The van der Waals surface area contributed by atoms with E-state index >= 15 is 0 Å². The molecule has 3 fully saturated rings. The van der Waals surface area contributed by atoms with Gasteiger partial charge in [-0.05, 0) is 79.9 Å². The summed E-state index contributed by atoms with van der Waals surface area (Å²) in [5, 5.41) is 2.73. The highest BCUT2D eigenvalue weighted by Crippen LogP contribution is 2.73. The van der Waals surface area contributed by atoms with Crippen LogP contribution in [-0.2, 0) is 0 Å². The monoisotopic (exact) mass is 442 g/mol. The van der Waals surface area contributed by atoms with E-state index in [2.05, 4.69) is 10.0 Å². The van der Waals surface area contributed by atoms with Crippen molar-refractivity contribution in [3.63, 3.8) is 0 Å². The molecule has 2 aromatic carbocycles. The van der Waals surface area contributed by atoms with Crippen molar-refractivity contribution in [1.29, 1.82) is 0 Å². The Morgan fingerprint density at radius 1 is 1.03 bits per heavy atom. The Hall–Kier alpha value is -1.87. The zero-order chi connectivity index (χ0) is 20.9. The second-order valence-electron chi connectivity index (χ2n) is 7.61. The number of carbonyl (C=O) groups excluding carboxylic acids is 1. The molecule has 1 amide bonds. The van der Waals surface area contributed by atoms with Crippen LogP contribution in [0.5, 0.6) is 0 Å². The highest BCUT2D eigenvalue weighted by molar-refractivity contribution is 8.00. The van der Waals surface area contributed by atoms with Crippen LogP contribution in [0.25, 0.3) is 0 Å². The number of alkyl halides is 3. The molecule has 0 heterocycles. The predicted molar refractivity (Wildman–Crippen MR) is 107 cm³/mol. The van der Waals surface area contributed by atoms with Gasteiger partial charge in [-0.3, -0.25) is 4.79 Å². The molecule has 2 aromatic rings. The molecule has 2 bridgehead atoms. The zero-order valence-corrected chi connectivity index (χ0v) is 17.0. The molecule has 0 spiro atoms. The minimum Gasteiger partial charge on any atom is -0.346 e. The van der Waals surface area contributed by atoms with E-state index in [4.69, 9.17) is 0 Å². The van der Waals surface area contributed by atoms with E-state index in [0.29, 0.717) is 0 Å². The lowest BCUT2D eigenvalue weighted by Crippen LogP contribution is -2.78. The van der Waals surface area contributed by atoms with E-state index in [0.717, 1.165) is 15.9 Å². The Balaban J connectivity index is 1.43. The van der Waals surface area contributed by atoms with E-state index in [1.807, 2.05) is 30.5 Å². The van der Waals surface area contributed by atoms with Crippen LogP contribution in [0, 0.1) is 11.2 Å². The van der Waals surface area contributed by atoms with Crippen molar-refractivity contribution >= 4 is 35.3 Å². The zero-order valence-electron chi connectivity index (χ0n) is 15.4. The lowest BCUT2D eigenvalue weighted by molar-refractivity contribution is -0.336. The summed E-state index contributed by atoms with van der Waals surface area (Å²) in [6, 6.07) is 11.4. The van der Waals surface area contributed by atoms with Crippen LogP contribution in [0.2, 0.25) is 0 Å². The highest BCUT2D eigenvalue weighted by atomic mass is 32.2. The molecule has 3 aliphatic carbocycles. The van der Waals surface area contributed by atoms with Crippen LogP contribution in [-0.4, -0.2) is 23.9 Å². The Kier molecular flexibility index (Phi) is 5.01. The van der Waals surface area contributed by atoms with Crippen molar-refractivity contribution in [2.45, 2.75) is 40.8 Å². The molecule has 2 N–H and O–H groups in total. The number of carbonyl (C=O) groups is 1. The maximum absolute atomic E-state index is 13.7. The van der Waals surface area contributed by atoms with Crippen molar-refractivity contribution in [2.75, 3.05) is 11.0 Å². The third-order valence-electron chi connectivity index (χ3n) is 5.57. The van der Waals surface area contributed by atoms with Gasteiger partial charge in [-0.2, -0.15) is 13.2 Å². The maximum Gasteiger partial charge on any atom is 0.394 e. The largest absolute Gasteiger partial charge is 0.394 e. The van der Waals surface area contributed by atoms with Gasteiger partial charge in [0.1, 0.15) is 5.82 Å². The van der Waals surface area contributed by atoms with Gasteiger partial charge in [-0.15, -0.1) is 11.8 Å². The minimum absolute atomic E-state index is 0.0876. The fourth-order valence-electron chi connectivity index (χ4n) is 4.09. The highest BCUT2D eigenvalue weighted by Gasteiger charge is 2.79. The number of thioether (sulfide) groups is 1. The van der Waals surface area contributed by atoms with Gasteiger partial charge in [0.05, 0.1) is 16.7 Å². The van der Waals surface area contributed by atoms with E-state index in [9.17, 15) is 22.4 Å². The van der Waals surface area contributed by atoms with Gasteiger partial charge in [0.2, 0.25) is 0 Å². The molecule has 29 heavy (non-hydrogen) atoms. The van der Waals surface area contributed by atoms with Crippen molar-refractivity contribution in [2.24, 2.45) is 5.41 Å². The van der Waals surface area contributed by atoms with Crippen LogP contribution >= 0.6 is 23.7 Å². The second-order valence-corrected chi connectivity index (χ2v) is 9.37. The number of hydrogen-bond acceptors (Lipinski definition) is 4. The third kappa shape index (κ3) is 3.70. The molecule has 0 aromatic heterocycles. The normalized spacial score (nSPS) is 25.0. The van der Waals surface area contributed by atoms with Gasteiger partial charge in [0, 0.05) is 15.3 Å². The number of anilines is 1. The first-order valence-corrected chi connectivity index (χ1v) is 11.0. The smallest absolute Gasteiger partial charge is 0.346 e. The van der Waals surface area contributed by atoms with Gasteiger partial charge >= 0.3 is 6.18 Å². The standard InChI is InChI=1S/C20H18F4N2OS2/c1-28-13-3-5-14(6-4-13)29-26-16-8-12(21)2-7-15(16)17(27)25-19-9-18(10-19,11-19)20(22,23)24/h2-8,26H,9-11H2,1H3,(H,25,27). The van der Waals surface area contributed by atoms with Crippen molar-refractivity contribution in [3.8, 4) is 0 Å². The van der Waals surface area contributed by atoms with Gasteiger partial charge in [0.15, 0.2) is 0 Å². The summed E-state index contributed by atoms with van der Waals surface area (Å²) in [5.74, 6) is -1.01. The molecule has 154 valence electrons. The Bertz CT molecular complexity index is 927. The summed E-state index contributed by atoms with van der Waals surface area (Å²) in [6.45, 7) is 0. The van der Waals surface area contributed by atoms with E-state index in [1.165, 1.54) is 24.1 Å². The summed E-state index contributed by atoms with van der Waals surface area (Å²) < 4.78 is 55.7. The number of nitrogens with one attached hydrogen (secondary N) is 2. The van der Waals surface area contributed by atoms with Gasteiger partial charge in [-0.1, -0.05) is 0 Å². The molecule has 5 rings (SSSR count). The Morgan fingerprint density at radius 3 is 2.24 bits per heavy atom. The molecule has 0 saturated heterocycles. The topological polar surface area (TPSA) is 41.1 Å². The van der Waals surface area contributed by atoms with Crippen LogP contribution in [0.15, 0.2) is 52.3 Å². The molecule has 3 saturated carbocycles. The molecular weight excluding hydrogens is 424 g/mol. The molecule has 3 aliphatic rings. The first kappa shape index (κ1) is 20.4. The summed E-state index contributed by atoms with van der Waals surface area (Å²) in [5.41, 5.74) is -1.95. The summed E-state index contributed by atoms with van der Waals surface area (Å²) >= 11 is 2.84. The van der Waals surface area contributed by atoms with Crippen LogP contribution in [0.3, 0.4) is 0 Å². The summed E-state index contributed by atoms with van der Waals surface area (Å²) in [6.07, 6.45) is -2.52. The fourth-order valence-corrected chi connectivity index (χ4v) is 5.16. The number of hydrogen-bond donors (Lipinski definition) is 2. The minimum atomic E-state index is -4.23. The van der Waals surface area contributed by atoms with Gasteiger partial charge < -0.3 is 10.0 Å². The first-order valence-electron chi connectivity index (χ1n) is 8.91. The number of halogens is 4. The fraction of sp³-hybridized carbons (Fsp3) is 0.350. The van der Waals surface area contributed by atoms with Crippen LogP contribution in [0.1, 0.15) is 29.6 Å². The Morgan fingerprint density at radius 2 is 1.66 bits per heavy atom. The van der Waals surface area contributed by atoms with Gasteiger partial charge in [0.25, 0.3) is 5.91 Å². The lowest BCUT2D eigenvalue weighted by Gasteiger charge is -2.70. The molecule has 9 heteroatoms. The van der Waals surface area contributed by atoms with E-state index in [1.54, 1.807) is 11.8 Å². The van der Waals surface area contributed by atoms with Crippen LogP contribution < -0.4 is 10.0 Å². The first-order chi connectivity index (χ1) is 13.7. The quantitative estimate of drug-likeness (QED) is 0.333. The Labute approximate surface area is 174 Å². The number of benzene rings is 2. The SMILES string of the molecule is CSc1ccc(SNc2cc(F)ccc2C(=O)NC23CC(C(F)(F)F)(C2)C3)cc1. The van der Waals surface area contributed by atoms with E-state index < -0.39 is 28.9 Å². The molecule has 3 nitrogen and oxygen atoms in total. The van der Waals surface area contributed by atoms with Crippen LogP contribution in [0.4, 0.5) is 23.2 Å². The van der Waals surface area contributed by atoms with Crippen molar-refractivity contribution < 1.29 is 22.4 Å². The summed E-state index contributed by atoms with van der Waals surface area (Å²) in [4.78, 5) is 14.7. The average molecular weight is 443 g/mol. The second kappa shape index (κ2) is 7.12. The third-order valence-corrected chi connectivity index (χ3v) is 7.15. The predicted octanol–water partition coefficient (Wildman–Crippen LogP) is 5.88. The van der Waals surface area contributed by atoms with Gasteiger partial charge in [-0.25, -0.2) is 4.39 Å². The summed E-state index contributed by atoms with van der Waals surface area (Å²) in [7, 11) is 0. The lowest BCUT2D eigenvalue weighted by atomic mass is 9.39. The molecule has 0 unspecified atom stereocenters.